The van der Waals surface area contributed by atoms with Crippen molar-refractivity contribution >= 4 is 27.7 Å². The van der Waals surface area contributed by atoms with Gasteiger partial charge in [-0.1, -0.05) is 25.1 Å². The van der Waals surface area contributed by atoms with Crippen LogP contribution in [0.15, 0.2) is 28.7 Å². The first-order chi connectivity index (χ1) is 8.74. The Bertz CT molecular complexity index is 421. The summed E-state index contributed by atoms with van der Waals surface area (Å²) in [5.74, 6) is 0. The number of allylic oxidation sites excluding steroid dienone is 1. The molecule has 98 valence electrons. The van der Waals surface area contributed by atoms with E-state index in [9.17, 15) is 0 Å². The maximum atomic E-state index is 3.70. The molecule has 0 aliphatic carbocycles. The lowest BCUT2D eigenvalue weighted by atomic mass is 10.1. The Morgan fingerprint density at radius 3 is 2.50 bits per heavy atom. The molecule has 0 radical (unpaired) electrons. The zero-order chi connectivity index (χ0) is 13.0. The second kappa shape index (κ2) is 6.39. The molecule has 1 saturated heterocycles. The molecule has 3 heteroatoms. The van der Waals surface area contributed by atoms with E-state index in [0.717, 1.165) is 19.6 Å². The molecule has 1 aromatic rings. The topological polar surface area (TPSA) is 6.48 Å². The molecule has 2 rings (SSSR count). The first-order valence-electron chi connectivity index (χ1n) is 6.64. The Hall–Kier alpha value is -0.800. The number of halogens is 1. The fourth-order valence-electron chi connectivity index (χ4n) is 2.38. The van der Waals surface area contributed by atoms with E-state index < -0.39 is 0 Å². The van der Waals surface area contributed by atoms with Crippen LogP contribution in [0.25, 0.3) is 6.08 Å². The number of likely N-dealkylation sites (N-methyl/N-ethyl adjacent to an activating group) is 1. The minimum Gasteiger partial charge on any atom is -0.368 e. The molecule has 0 bridgehead atoms. The number of benzene rings is 1. The van der Waals surface area contributed by atoms with Crippen molar-refractivity contribution in [3.63, 3.8) is 0 Å². The molecular formula is C15H21BrN2. The van der Waals surface area contributed by atoms with Crippen LogP contribution < -0.4 is 4.90 Å². The van der Waals surface area contributed by atoms with Gasteiger partial charge in [0.05, 0.1) is 5.69 Å². The van der Waals surface area contributed by atoms with Gasteiger partial charge in [0.15, 0.2) is 0 Å². The Morgan fingerprint density at radius 2 is 1.94 bits per heavy atom. The molecule has 1 heterocycles. The molecule has 1 aromatic carbocycles. The summed E-state index contributed by atoms with van der Waals surface area (Å²) >= 11 is 3.70. The predicted molar refractivity (Wildman–Crippen MR) is 83.2 cm³/mol. The summed E-state index contributed by atoms with van der Waals surface area (Å²) in [6.45, 7) is 10.0. The minimum absolute atomic E-state index is 1.12. The third kappa shape index (κ3) is 3.15. The monoisotopic (exact) mass is 308 g/mol. The number of anilines is 1. The van der Waals surface area contributed by atoms with Gasteiger partial charge in [0.1, 0.15) is 0 Å². The summed E-state index contributed by atoms with van der Waals surface area (Å²) in [6, 6.07) is 6.61. The Kier molecular flexibility index (Phi) is 4.84. The van der Waals surface area contributed by atoms with Gasteiger partial charge in [-0.25, -0.2) is 0 Å². The van der Waals surface area contributed by atoms with E-state index in [2.05, 4.69) is 63.0 Å². The van der Waals surface area contributed by atoms with Crippen molar-refractivity contribution in [2.75, 3.05) is 37.6 Å². The van der Waals surface area contributed by atoms with E-state index in [1.807, 2.05) is 6.92 Å². The minimum atomic E-state index is 1.12. The van der Waals surface area contributed by atoms with Crippen molar-refractivity contribution in [2.45, 2.75) is 13.8 Å². The highest BCUT2D eigenvalue weighted by Gasteiger charge is 2.17. The number of piperazine rings is 1. The highest BCUT2D eigenvalue weighted by molar-refractivity contribution is 9.10. The molecule has 0 amide bonds. The highest BCUT2D eigenvalue weighted by Crippen LogP contribution is 2.28. The third-order valence-corrected chi connectivity index (χ3v) is 4.13. The van der Waals surface area contributed by atoms with E-state index in [-0.39, 0.29) is 0 Å². The van der Waals surface area contributed by atoms with Crippen molar-refractivity contribution < 1.29 is 0 Å². The number of nitrogens with zero attached hydrogens (tertiary/aromatic N) is 2. The third-order valence-electron chi connectivity index (χ3n) is 3.49. The molecule has 18 heavy (non-hydrogen) atoms. The van der Waals surface area contributed by atoms with Crippen LogP contribution in [0.1, 0.15) is 19.4 Å². The molecule has 2 nitrogen and oxygen atoms in total. The van der Waals surface area contributed by atoms with Gasteiger partial charge in [-0.15, -0.1) is 0 Å². The van der Waals surface area contributed by atoms with Gasteiger partial charge in [-0.2, -0.15) is 0 Å². The summed E-state index contributed by atoms with van der Waals surface area (Å²) in [5.41, 5.74) is 2.57. The molecule has 0 aromatic heterocycles. The molecule has 0 atom stereocenters. The Balaban J connectivity index is 2.10. The van der Waals surface area contributed by atoms with Crippen LogP contribution in [-0.2, 0) is 0 Å². The van der Waals surface area contributed by atoms with Crippen molar-refractivity contribution in [3.8, 4) is 0 Å². The molecule has 0 unspecified atom stereocenters. The maximum absolute atomic E-state index is 3.70. The van der Waals surface area contributed by atoms with Crippen molar-refractivity contribution in [1.82, 2.24) is 4.90 Å². The predicted octanol–water partition coefficient (Wildman–Crippen LogP) is 3.62. The van der Waals surface area contributed by atoms with Gasteiger partial charge in [-0.3, -0.25) is 0 Å². The first-order valence-corrected chi connectivity index (χ1v) is 7.43. The normalized spacial score (nSPS) is 17.6. The Morgan fingerprint density at radius 1 is 1.22 bits per heavy atom. The fourth-order valence-corrected chi connectivity index (χ4v) is 3.03. The van der Waals surface area contributed by atoms with Crippen molar-refractivity contribution in [1.29, 1.82) is 0 Å². The molecule has 0 N–H and O–H groups in total. The number of hydrogen-bond acceptors (Lipinski definition) is 2. The van der Waals surface area contributed by atoms with Gasteiger partial charge in [0.2, 0.25) is 0 Å². The van der Waals surface area contributed by atoms with Gasteiger partial charge in [0, 0.05) is 30.7 Å². The highest BCUT2D eigenvalue weighted by atomic mass is 79.9. The molecule has 0 spiro atoms. The number of rotatable bonds is 3. The van der Waals surface area contributed by atoms with Gasteiger partial charge in [0.25, 0.3) is 0 Å². The number of hydrogen-bond donors (Lipinski definition) is 0. The zero-order valence-electron chi connectivity index (χ0n) is 11.2. The summed E-state index contributed by atoms with van der Waals surface area (Å²) in [6.07, 6.45) is 4.20. The van der Waals surface area contributed by atoms with Crippen LogP contribution in [0.3, 0.4) is 0 Å². The van der Waals surface area contributed by atoms with Crippen LogP contribution in [0.4, 0.5) is 5.69 Å². The second-order valence-electron chi connectivity index (χ2n) is 4.63. The van der Waals surface area contributed by atoms with Crippen LogP contribution in [-0.4, -0.2) is 37.6 Å². The zero-order valence-corrected chi connectivity index (χ0v) is 12.8. The maximum Gasteiger partial charge on any atom is 0.0511 e. The SMILES string of the molecule is C/C=C/c1ccc(N2CCN(CC)CC2)c(Br)c1. The van der Waals surface area contributed by atoms with Crippen molar-refractivity contribution in [2.24, 2.45) is 0 Å². The summed E-state index contributed by atoms with van der Waals surface area (Å²) in [7, 11) is 0. The summed E-state index contributed by atoms with van der Waals surface area (Å²) in [4.78, 5) is 4.97. The lowest BCUT2D eigenvalue weighted by Gasteiger charge is -2.36. The molecule has 0 saturated carbocycles. The van der Waals surface area contributed by atoms with Crippen LogP contribution in [0, 0.1) is 0 Å². The lowest BCUT2D eigenvalue weighted by molar-refractivity contribution is 0.271. The Labute approximate surface area is 118 Å². The first kappa shape index (κ1) is 13.6. The molecule has 1 fully saturated rings. The van der Waals surface area contributed by atoms with E-state index in [1.165, 1.54) is 28.8 Å². The molecule has 1 aliphatic heterocycles. The van der Waals surface area contributed by atoms with Gasteiger partial charge >= 0.3 is 0 Å². The summed E-state index contributed by atoms with van der Waals surface area (Å²) < 4.78 is 1.20. The fraction of sp³-hybridized carbons (Fsp3) is 0.467. The summed E-state index contributed by atoms with van der Waals surface area (Å²) in [5, 5.41) is 0. The molecular weight excluding hydrogens is 288 g/mol. The lowest BCUT2D eigenvalue weighted by Crippen LogP contribution is -2.46. The largest absolute Gasteiger partial charge is 0.368 e. The van der Waals surface area contributed by atoms with E-state index in [0.29, 0.717) is 0 Å². The van der Waals surface area contributed by atoms with Crippen molar-refractivity contribution in [3.05, 3.63) is 34.3 Å². The average molecular weight is 309 g/mol. The quantitative estimate of drug-likeness (QED) is 0.841. The van der Waals surface area contributed by atoms with Crippen LogP contribution in [0.2, 0.25) is 0 Å². The van der Waals surface area contributed by atoms with E-state index in [1.54, 1.807) is 0 Å². The second-order valence-corrected chi connectivity index (χ2v) is 5.49. The van der Waals surface area contributed by atoms with Crippen LogP contribution >= 0.6 is 15.9 Å². The van der Waals surface area contributed by atoms with Gasteiger partial charge < -0.3 is 9.80 Å². The molecule has 1 aliphatic rings. The smallest absolute Gasteiger partial charge is 0.0511 e. The van der Waals surface area contributed by atoms with E-state index in [4.69, 9.17) is 0 Å². The van der Waals surface area contributed by atoms with Gasteiger partial charge in [-0.05, 0) is 47.1 Å². The van der Waals surface area contributed by atoms with Crippen LogP contribution in [0.5, 0.6) is 0 Å². The average Bonchev–Trinajstić information content (AvgIpc) is 2.40. The standard InChI is InChI=1S/C15H21BrN2/c1-3-5-13-6-7-15(14(16)12-13)18-10-8-17(4-2)9-11-18/h3,5-7,12H,4,8-11H2,1-2H3/b5-3+. The van der Waals surface area contributed by atoms with E-state index >= 15 is 0 Å².